The van der Waals surface area contributed by atoms with Gasteiger partial charge in [0.15, 0.2) is 6.10 Å². The molecule has 12 nitrogen and oxygen atoms in total. The molecule has 5 rings (SSSR count). The summed E-state index contributed by atoms with van der Waals surface area (Å²) in [5.41, 5.74) is 3.32. The normalized spacial score (nSPS) is 13.7. The number of ether oxygens (including phenoxy) is 10. The number of methoxy groups -OCH3 is 3. The number of rotatable bonds is 31. The molecular weight excluding hydrogens is 805 g/mol. The first-order chi connectivity index (χ1) is 30.9. The predicted octanol–water partition coefficient (Wildman–Crippen LogP) is 8.26. The molecule has 3 unspecified atom stereocenters. The maximum absolute atomic E-state index is 14.3. The van der Waals surface area contributed by atoms with Gasteiger partial charge in [0.1, 0.15) is 30.5 Å². The Kier molecular flexibility index (Phi) is 21.6. The lowest BCUT2D eigenvalue weighted by Gasteiger charge is -2.37. The number of aliphatic hydroxyl groups is 1. The third kappa shape index (κ3) is 17.9. The van der Waals surface area contributed by atoms with Crippen LogP contribution in [0.1, 0.15) is 47.1 Å². The summed E-state index contributed by atoms with van der Waals surface area (Å²) < 4.78 is 59.6. The number of carbonyl (C=O) groups is 1. The average molecular weight is 867 g/mol. The fourth-order valence-electron chi connectivity index (χ4n) is 6.62. The van der Waals surface area contributed by atoms with E-state index in [1.165, 1.54) is 0 Å². The predicted molar refractivity (Wildman–Crippen MR) is 238 cm³/mol. The van der Waals surface area contributed by atoms with E-state index in [-0.39, 0.29) is 65.9 Å². The molecule has 1 N–H and O–H groups in total. The lowest BCUT2D eigenvalue weighted by Crippen LogP contribution is -2.52. The van der Waals surface area contributed by atoms with Crippen LogP contribution in [0.3, 0.4) is 0 Å². The van der Waals surface area contributed by atoms with Gasteiger partial charge in [-0.15, -0.1) is 0 Å². The molecule has 0 heterocycles. The highest BCUT2D eigenvalue weighted by Gasteiger charge is 2.41. The number of hydrogen-bond donors (Lipinski definition) is 1. The summed E-state index contributed by atoms with van der Waals surface area (Å²) in [4.78, 5) is 14.3. The summed E-state index contributed by atoms with van der Waals surface area (Å²) in [5.74, 6) is 0.735. The van der Waals surface area contributed by atoms with Crippen LogP contribution < -0.4 is 9.47 Å². The van der Waals surface area contributed by atoms with Crippen molar-refractivity contribution in [1.29, 1.82) is 0 Å². The van der Waals surface area contributed by atoms with Crippen LogP contribution in [0.5, 0.6) is 11.5 Å². The number of carbonyl (C=O) groups excluding carboxylic acids is 1. The van der Waals surface area contributed by atoms with Crippen molar-refractivity contribution in [3.63, 3.8) is 0 Å². The van der Waals surface area contributed by atoms with Gasteiger partial charge < -0.3 is 52.5 Å². The van der Waals surface area contributed by atoms with Crippen LogP contribution in [0, 0.1) is 0 Å². The fraction of sp³-hybridized carbons (Fsp3) is 0.392. The molecule has 0 spiro atoms. The molecule has 0 amide bonds. The van der Waals surface area contributed by atoms with Gasteiger partial charge in [0.2, 0.25) is 0 Å². The Morgan fingerprint density at radius 1 is 0.556 bits per heavy atom. The zero-order chi connectivity index (χ0) is 44.4. The Morgan fingerprint density at radius 2 is 1.03 bits per heavy atom. The molecule has 0 saturated heterocycles. The van der Waals surface area contributed by atoms with Gasteiger partial charge in [-0.25, -0.2) is 4.79 Å². The molecule has 63 heavy (non-hydrogen) atoms. The highest BCUT2D eigenvalue weighted by Crippen LogP contribution is 2.27. The number of benzene rings is 5. The maximum Gasteiger partial charge on any atom is 0.338 e. The van der Waals surface area contributed by atoms with E-state index < -0.39 is 29.9 Å². The van der Waals surface area contributed by atoms with Crippen molar-refractivity contribution in [3.8, 4) is 11.5 Å². The first-order valence-electron chi connectivity index (χ1n) is 21.2. The summed E-state index contributed by atoms with van der Waals surface area (Å²) in [5, 5.41) is 12.1. The molecule has 0 saturated carbocycles. The van der Waals surface area contributed by atoms with Gasteiger partial charge in [-0.05, 0) is 64.9 Å². The SMILES string of the molecule is COCOCCC(COCc1ccccc1)(COCc1ccc(OC)cc1)OC(C(=O)OCc1ccccc1)C(O)CC[C@H](COCc1ccccc1)OCc1ccc(OC)cc1. The third-order valence-corrected chi connectivity index (χ3v) is 10.2. The molecule has 0 aliphatic heterocycles. The standard InChI is InChI=1S/C51H62O12/c1-54-39-57-30-29-51(37-59-32-41-15-9-5-10-16-41,38-60-33-43-19-23-45(55-2)24-20-43)63-49(50(53)62-35-42-17-11-6-12-18-42)48(52)28-27-47(36-58-31-40-13-7-4-8-14-40)61-34-44-21-25-46(56-3)26-22-44/h4-26,47-49,52H,27-39H2,1-3H3/t47-,48?,49?,51?/m1/s1. The van der Waals surface area contributed by atoms with E-state index >= 15 is 0 Å². The zero-order valence-electron chi connectivity index (χ0n) is 36.6. The smallest absolute Gasteiger partial charge is 0.338 e. The first kappa shape index (κ1) is 48.9. The van der Waals surface area contributed by atoms with Crippen LogP contribution in [0.15, 0.2) is 140 Å². The minimum Gasteiger partial charge on any atom is -0.497 e. The third-order valence-electron chi connectivity index (χ3n) is 10.2. The Balaban J connectivity index is 1.39. The van der Waals surface area contributed by atoms with Crippen LogP contribution in [0.25, 0.3) is 0 Å². The van der Waals surface area contributed by atoms with Crippen LogP contribution in [-0.4, -0.2) is 89.5 Å². The maximum atomic E-state index is 14.3. The molecule has 338 valence electrons. The Labute approximate surface area is 371 Å². The monoisotopic (exact) mass is 866 g/mol. The second-order valence-electron chi connectivity index (χ2n) is 15.1. The second kappa shape index (κ2) is 27.8. The highest BCUT2D eigenvalue weighted by molar-refractivity contribution is 5.75. The zero-order valence-corrected chi connectivity index (χ0v) is 36.6. The van der Waals surface area contributed by atoms with Crippen molar-refractivity contribution in [2.45, 2.75) is 76.2 Å². The average Bonchev–Trinajstić information content (AvgIpc) is 3.33. The van der Waals surface area contributed by atoms with E-state index in [2.05, 4.69) is 0 Å². The van der Waals surface area contributed by atoms with E-state index in [1.54, 1.807) is 21.3 Å². The fourth-order valence-corrected chi connectivity index (χ4v) is 6.62. The van der Waals surface area contributed by atoms with Gasteiger partial charge in [0.05, 0.1) is 79.3 Å². The van der Waals surface area contributed by atoms with Crippen molar-refractivity contribution in [3.05, 3.63) is 167 Å². The van der Waals surface area contributed by atoms with E-state index in [1.807, 2.05) is 140 Å². The molecule has 0 aliphatic carbocycles. The van der Waals surface area contributed by atoms with Crippen molar-refractivity contribution < 1.29 is 57.3 Å². The summed E-state index contributed by atoms with van der Waals surface area (Å²) in [6.07, 6.45) is -2.55. The van der Waals surface area contributed by atoms with Crippen LogP contribution in [0.2, 0.25) is 0 Å². The van der Waals surface area contributed by atoms with Gasteiger partial charge in [0.25, 0.3) is 0 Å². The van der Waals surface area contributed by atoms with Crippen molar-refractivity contribution in [1.82, 2.24) is 0 Å². The second-order valence-corrected chi connectivity index (χ2v) is 15.1. The lowest BCUT2D eigenvalue weighted by molar-refractivity contribution is -0.214. The Morgan fingerprint density at radius 3 is 1.54 bits per heavy atom. The van der Waals surface area contributed by atoms with E-state index in [0.717, 1.165) is 39.3 Å². The molecule has 0 bridgehead atoms. The number of aliphatic hydroxyl groups excluding tert-OH is 1. The van der Waals surface area contributed by atoms with E-state index in [9.17, 15) is 9.90 Å². The van der Waals surface area contributed by atoms with Crippen LogP contribution >= 0.6 is 0 Å². The quantitative estimate of drug-likeness (QED) is 0.0262. The molecule has 12 heteroatoms. The Bertz CT molecular complexity index is 1950. The van der Waals surface area contributed by atoms with Crippen molar-refractivity contribution in [2.75, 3.05) is 54.5 Å². The van der Waals surface area contributed by atoms with Crippen LogP contribution in [-0.2, 0) is 75.7 Å². The molecule has 5 aromatic carbocycles. The molecule has 0 aliphatic rings. The summed E-state index contributed by atoms with van der Waals surface area (Å²) in [6, 6.07) is 44.2. The molecule has 0 fully saturated rings. The molecule has 5 aromatic rings. The number of esters is 1. The summed E-state index contributed by atoms with van der Waals surface area (Å²) >= 11 is 0. The van der Waals surface area contributed by atoms with Gasteiger partial charge in [-0.1, -0.05) is 115 Å². The van der Waals surface area contributed by atoms with E-state index in [4.69, 9.17) is 47.4 Å². The largest absolute Gasteiger partial charge is 0.497 e. The molecule has 4 atom stereocenters. The first-order valence-corrected chi connectivity index (χ1v) is 21.2. The van der Waals surface area contributed by atoms with Gasteiger partial charge in [-0.3, -0.25) is 0 Å². The summed E-state index contributed by atoms with van der Waals surface area (Å²) in [6.45, 7) is 1.62. The molecule has 0 radical (unpaired) electrons. The highest BCUT2D eigenvalue weighted by atomic mass is 16.7. The van der Waals surface area contributed by atoms with Gasteiger partial charge in [-0.2, -0.15) is 0 Å². The molecule has 0 aromatic heterocycles. The molecular formula is C51H62O12. The number of hydrogen-bond acceptors (Lipinski definition) is 12. The minimum absolute atomic E-state index is 0.00302. The Hall–Kier alpha value is -5.15. The van der Waals surface area contributed by atoms with Gasteiger partial charge >= 0.3 is 5.97 Å². The van der Waals surface area contributed by atoms with E-state index in [0.29, 0.717) is 19.6 Å². The minimum atomic E-state index is -1.45. The lowest BCUT2D eigenvalue weighted by atomic mass is 9.99. The topological polar surface area (TPSA) is 130 Å². The van der Waals surface area contributed by atoms with Crippen molar-refractivity contribution >= 4 is 5.97 Å². The van der Waals surface area contributed by atoms with Crippen molar-refractivity contribution in [2.24, 2.45) is 0 Å². The van der Waals surface area contributed by atoms with Gasteiger partial charge in [0, 0.05) is 13.5 Å². The summed E-state index contributed by atoms with van der Waals surface area (Å²) in [7, 11) is 4.78. The van der Waals surface area contributed by atoms with Crippen LogP contribution in [0.4, 0.5) is 0 Å².